The number of fused-ring (bicyclic) bond motifs is 1. The highest BCUT2D eigenvalue weighted by atomic mass is 16.5. The third-order valence-electron chi connectivity index (χ3n) is 5.57. The molecular formula is C28H25N3O4. The second kappa shape index (κ2) is 10.1. The van der Waals surface area contributed by atoms with Gasteiger partial charge in [0, 0.05) is 16.8 Å². The maximum absolute atomic E-state index is 13.4. The molecule has 0 atom stereocenters. The summed E-state index contributed by atoms with van der Waals surface area (Å²) in [5, 5.41) is 22.1. The second-order valence-corrected chi connectivity index (χ2v) is 8.05. The fourth-order valence-electron chi connectivity index (χ4n) is 3.83. The molecule has 0 bridgehead atoms. The fourth-order valence-corrected chi connectivity index (χ4v) is 3.83. The molecule has 4 rings (SSSR count). The van der Waals surface area contributed by atoms with Gasteiger partial charge in [-0.1, -0.05) is 31.2 Å². The summed E-state index contributed by atoms with van der Waals surface area (Å²) in [4.78, 5) is 25.6. The van der Waals surface area contributed by atoms with E-state index >= 15 is 0 Å². The van der Waals surface area contributed by atoms with Gasteiger partial charge in [-0.25, -0.2) is 4.79 Å². The molecule has 7 nitrogen and oxygen atoms in total. The quantitative estimate of drug-likeness (QED) is 0.200. The molecule has 7 heteroatoms. The standard InChI is InChI=1S/C28H25N3O4/c1-2-13-35-21-11-12-22(25(16-21)28(33)34)23-14-18-5-3-4-6-19(18)15-24(23)27(32)31-20-9-7-17(8-10-20)26(29)30/h3-12,14-16H,2,13H2,1H3,(H3,29,30)(H,31,32)(H,33,34). The number of nitrogens with two attached hydrogens (primary N) is 1. The number of rotatable bonds is 8. The Bertz CT molecular complexity index is 1430. The number of benzene rings is 4. The van der Waals surface area contributed by atoms with E-state index in [2.05, 4.69) is 5.32 Å². The van der Waals surface area contributed by atoms with Gasteiger partial charge in [-0.2, -0.15) is 0 Å². The Balaban J connectivity index is 1.81. The monoisotopic (exact) mass is 467 g/mol. The molecule has 0 saturated heterocycles. The number of hydrogen-bond donors (Lipinski definition) is 4. The van der Waals surface area contributed by atoms with Crippen LogP contribution in [0.15, 0.2) is 78.9 Å². The Hall–Kier alpha value is -4.65. The molecule has 0 saturated carbocycles. The van der Waals surface area contributed by atoms with Gasteiger partial charge in [0.15, 0.2) is 0 Å². The summed E-state index contributed by atoms with van der Waals surface area (Å²) in [6, 6.07) is 22.7. The van der Waals surface area contributed by atoms with Crippen LogP contribution in [-0.4, -0.2) is 29.4 Å². The van der Waals surface area contributed by atoms with Crippen LogP contribution in [0.25, 0.3) is 21.9 Å². The number of nitrogens with one attached hydrogen (secondary N) is 2. The first-order chi connectivity index (χ1) is 16.9. The van der Waals surface area contributed by atoms with Gasteiger partial charge in [-0.15, -0.1) is 0 Å². The van der Waals surface area contributed by atoms with E-state index in [1.54, 1.807) is 42.5 Å². The van der Waals surface area contributed by atoms with E-state index in [0.717, 1.165) is 17.2 Å². The van der Waals surface area contributed by atoms with Gasteiger partial charge >= 0.3 is 5.97 Å². The van der Waals surface area contributed by atoms with Crippen LogP contribution in [0.2, 0.25) is 0 Å². The lowest BCUT2D eigenvalue weighted by molar-refractivity contribution is 0.0697. The van der Waals surface area contributed by atoms with Crippen molar-refractivity contribution in [1.82, 2.24) is 0 Å². The molecule has 0 fully saturated rings. The average molecular weight is 468 g/mol. The largest absolute Gasteiger partial charge is 0.494 e. The van der Waals surface area contributed by atoms with Crippen LogP contribution in [0.1, 0.15) is 39.6 Å². The SMILES string of the molecule is CCCOc1ccc(-c2cc3ccccc3cc2C(=O)Nc2ccc(C(=N)N)cc2)c(C(=O)O)c1. The zero-order valence-electron chi connectivity index (χ0n) is 19.2. The number of amidine groups is 1. The number of hydrogen-bond acceptors (Lipinski definition) is 4. The normalized spacial score (nSPS) is 10.7. The molecule has 0 spiro atoms. The highest BCUT2D eigenvalue weighted by Crippen LogP contribution is 2.34. The smallest absolute Gasteiger partial charge is 0.336 e. The summed E-state index contributed by atoms with van der Waals surface area (Å²) in [5.74, 6) is -1.09. The summed E-state index contributed by atoms with van der Waals surface area (Å²) in [6.45, 7) is 2.45. The van der Waals surface area contributed by atoms with E-state index < -0.39 is 5.97 Å². The molecule has 5 N–H and O–H groups in total. The maximum Gasteiger partial charge on any atom is 0.336 e. The minimum absolute atomic E-state index is 0.0498. The van der Waals surface area contributed by atoms with Crippen molar-refractivity contribution in [2.75, 3.05) is 11.9 Å². The van der Waals surface area contributed by atoms with E-state index in [1.165, 1.54) is 6.07 Å². The van der Waals surface area contributed by atoms with Crippen molar-refractivity contribution in [3.05, 3.63) is 95.6 Å². The Morgan fingerprint density at radius 1 is 0.914 bits per heavy atom. The van der Waals surface area contributed by atoms with Crippen molar-refractivity contribution in [3.8, 4) is 16.9 Å². The predicted molar refractivity (Wildman–Crippen MR) is 138 cm³/mol. The number of carboxylic acids is 1. The molecule has 0 aliphatic rings. The van der Waals surface area contributed by atoms with Crippen molar-refractivity contribution in [2.45, 2.75) is 13.3 Å². The van der Waals surface area contributed by atoms with Gasteiger partial charge in [0.05, 0.1) is 12.2 Å². The average Bonchev–Trinajstić information content (AvgIpc) is 2.86. The summed E-state index contributed by atoms with van der Waals surface area (Å²) in [5.41, 5.74) is 7.89. The number of ether oxygens (including phenoxy) is 1. The van der Waals surface area contributed by atoms with Gasteiger partial charge in [0.2, 0.25) is 0 Å². The molecule has 0 aliphatic heterocycles. The number of carbonyl (C=O) groups excluding carboxylic acids is 1. The minimum atomic E-state index is -1.11. The number of anilines is 1. The van der Waals surface area contributed by atoms with Crippen LogP contribution < -0.4 is 15.8 Å². The molecule has 0 radical (unpaired) electrons. The number of carboxylic acid groups (broad SMARTS) is 1. The van der Waals surface area contributed by atoms with Crippen molar-refractivity contribution < 1.29 is 19.4 Å². The van der Waals surface area contributed by atoms with Crippen LogP contribution in [-0.2, 0) is 0 Å². The zero-order valence-corrected chi connectivity index (χ0v) is 19.2. The summed E-state index contributed by atoms with van der Waals surface area (Å²) >= 11 is 0. The Morgan fingerprint density at radius 3 is 2.23 bits per heavy atom. The van der Waals surface area contributed by atoms with E-state index in [0.29, 0.717) is 40.3 Å². The highest BCUT2D eigenvalue weighted by molar-refractivity contribution is 6.13. The first-order valence-corrected chi connectivity index (χ1v) is 11.2. The number of amides is 1. The van der Waals surface area contributed by atoms with E-state index in [4.69, 9.17) is 15.9 Å². The highest BCUT2D eigenvalue weighted by Gasteiger charge is 2.20. The number of carbonyl (C=O) groups is 2. The molecule has 0 aliphatic carbocycles. The van der Waals surface area contributed by atoms with Crippen molar-refractivity contribution in [1.29, 1.82) is 5.41 Å². The van der Waals surface area contributed by atoms with E-state index in [1.807, 2.05) is 37.3 Å². The minimum Gasteiger partial charge on any atom is -0.494 e. The predicted octanol–water partition coefficient (Wildman–Crippen LogP) is 5.53. The Kier molecular flexibility index (Phi) is 6.78. The van der Waals surface area contributed by atoms with Gasteiger partial charge < -0.3 is 20.9 Å². The summed E-state index contributed by atoms with van der Waals surface area (Å²) < 4.78 is 5.62. The lowest BCUT2D eigenvalue weighted by Gasteiger charge is -2.15. The van der Waals surface area contributed by atoms with Crippen LogP contribution in [0, 0.1) is 5.41 Å². The van der Waals surface area contributed by atoms with Crippen LogP contribution in [0.5, 0.6) is 5.75 Å². The van der Waals surface area contributed by atoms with Gasteiger partial charge in [-0.05, 0) is 82.9 Å². The molecule has 0 aromatic heterocycles. The molecule has 35 heavy (non-hydrogen) atoms. The maximum atomic E-state index is 13.4. The van der Waals surface area contributed by atoms with Gasteiger partial charge in [0.25, 0.3) is 5.91 Å². The zero-order chi connectivity index (χ0) is 24.9. The molecule has 0 heterocycles. The van der Waals surface area contributed by atoms with E-state index in [9.17, 15) is 14.7 Å². The molecule has 176 valence electrons. The van der Waals surface area contributed by atoms with E-state index in [-0.39, 0.29) is 17.3 Å². The summed E-state index contributed by atoms with van der Waals surface area (Å²) in [7, 11) is 0. The van der Waals surface area contributed by atoms with Crippen molar-refractivity contribution >= 4 is 34.2 Å². The lowest BCUT2D eigenvalue weighted by Crippen LogP contribution is -2.15. The van der Waals surface area contributed by atoms with Crippen LogP contribution in [0.4, 0.5) is 5.69 Å². The Labute approximate surface area is 202 Å². The van der Waals surface area contributed by atoms with Crippen LogP contribution >= 0.6 is 0 Å². The second-order valence-electron chi connectivity index (χ2n) is 8.05. The van der Waals surface area contributed by atoms with Crippen LogP contribution in [0.3, 0.4) is 0 Å². The topological polar surface area (TPSA) is 126 Å². The van der Waals surface area contributed by atoms with Crippen molar-refractivity contribution in [2.24, 2.45) is 5.73 Å². The molecule has 1 amide bonds. The fraction of sp³-hybridized carbons (Fsp3) is 0.107. The Morgan fingerprint density at radius 2 is 1.60 bits per heavy atom. The van der Waals surface area contributed by atoms with Gasteiger partial charge in [0.1, 0.15) is 11.6 Å². The van der Waals surface area contributed by atoms with Gasteiger partial charge in [-0.3, -0.25) is 10.2 Å². The molecule has 4 aromatic carbocycles. The number of aromatic carboxylic acids is 1. The molecular weight excluding hydrogens is 442 g/mol. The lowest BCUT2D eigenvalue weighted by atomic mass is 9.92. The third kappa shape index (κ3) is 5.14. The molecule has 4 aromatic rings. The molecule has 0 unspecified atom stereocenters. The summed E-state index contributed by atoms with van der Waals surface area (Å²) in [6.07, 6.45) is 0.798. The first kappa shape index (κ1) is 23.5. The number of nitrogen functional groups attached to an aromatic ring is 1. The van der Waals surface area contributed by atoms with Crippen molar-refractivity contribution in [3.63, 3.8) is 0 Å². The third-order valence-corrected chi connectivity index (χ3v) is 5.57. The first-order valence-electron chi connectivity index (χ1n) is 11.2.